The van der Waals surface area contributed by atoms with E-state index >= 15 is 0 Å². The topological polar surface area (TPSA) is 170 Å². The summed E-state index contributed by atoms with van der Waals surface area (Å²) in [5, 5.41) is 58.4. The summed E-state index contributed by atoms with van der Waals surface area (Å²) in [5.74, 6) is -0.421. The van der Waals surface area contributed by atoms with Crippen LogP contribution >= 0.6 is 0 Å². The van der Waals surface area contributed by atoms with Gasteiger partial charge < -0.3 is 44.5 Å². The van der Waals surface area contributed by atoms with Crippen LogP contribution in [-0.4, -0.2) is 68.0 Å². The molecule has 31 heavy (non-hydrogen) atoms. The SMILES string of the molecule is O=c1c(-c2ccc(O[C@@H]3O[C@H](CO)[C@H](O)[C@H](O)[C@H]3O)cc2)coc2cc(O)cc(O)c12. The maximum atomic E-state index is 12.8. The molecule has 10 nitrogen and oxygen atoms in total. The van der Waals surface area contributed by atoms with Gasteiger partial charge in [-0.2, -0.15) is 0 Å². The summed E-state index contributed by atoms with van der Waals surface area (Å²) >= 11 is 0. The highest BCUT2D eigenvalue weighted by Crippen LogP contribution is 2.30. The molecule has 1 saturated heterocycles. The molecule has 5 atom stereocenters. The van der Waals surface area contributed by atoms with Gasteiger partial charge in [0.1, 0.15) is 58.9 Å². The van der Waals surface area contributed by atoms with Gasteiger partial charge in [-0.05, 0) is 17.7 Å². The normalized spacial score (nSPS) is 26.1. The molecule has 0 radical (unpaired) electrons. The zero-order valence-corrected chi connectivity index (χ0v) is 16.0. The first-order chi connectivity index (χ1) is 14.8. The van der Waals surface area contributed by atoms with Gasteiger partial charge in [0.05, 0.1) is 12.2 Å². The molecule has 1 aromatic heterocycles. The predicted molar refractivity (Wildman–Crippen MR) is 106 cm³/mol. The fourth-order valence-corrected chi connectivity index (χ4v) is 3.43. The van der Waals surface area contributed by atoms with Crippen molar-refractivity contribution in [3.05, 3.63) is 52.9 Å². The maximum absolute atomic E-state index is 12.8. The van der Waals surface area contributed by atoms with Crippen LogP contribution in [0.15, 0.2) is 51.9 Å². The minimum atomic E-state index is -1.57. The minimum Gasteiger partial charge on any atom is -0.508 e. The monoisotopic (exact) mass is 432 g/mol. The largest absolute Gasteiger partial charge is 0.508 e. The van der Waals surface area contributed by atoms with Gasteiger partial charge in [-0.1, -0.05) is 12.1 Å². The molecule has 4 rings (SSSR count). The Morgan fingerprint density at radius 1 is 0.968 bits per heavy atom. The van der Waals surface area contributed by atoms with E-state index in [1.165, 1.54) is 36.6 Å². The lowest BCUT2D eigenvalue weighted by molar-refractivity contribution is -0.277. The van der Waals surface area contributed by atoms with Crippen molar-refractivity contribution >= 4 is 11.0 Å². The van der Waals surface area contributed by atoms with Crippen LogP contribution in [0.2, 0.25) is 0 Å². The average Bonchev–Trinajstić information content (AvgIpc) is 2.74. The number of aromatic hydroxyl groups is 2. The first-order valence-corrected chi connectivity index (χ1v) is 9.35. The maximum Gasteiger partial charge on any atom is 0.229 e. The van der Waals surface area contributed by atoms with Crippen molar-refractivity contribution in [1.82, 2.24) is 0 Å². The molecule has 0 unspecified atom stereocenters. The summed E-state index contributed by atoms with van der Waals surface area (Å²) in [6.07, 6.45) is -5.84. The Labute approximate surface area is 174 Å². The van der Waals surface area contributed by atoms with E-state index < -0.39 is 48.5 Å². The van der Waals surface area contributed by atoms with E-state index in [2.05, 4.69) is 0 Å². The molecule has 1 fully saturated rings. The third-order valence-electron chi connectivity index (χ3n) is 5.11. The van der Waals surface area contributed by atoms with E-state index in [0.717, 1.165) is 6.07 Å². The second-order valence-electron chi connectivity index (χ2n) is 7.16. The van der Waals surface area contributed by atoms with Crippen molar-refractivity contribution in [2.45, 2.75) is 30.7 Å². The van der Waals surface area contributed by atoms with Crippen LogP contribution < -0.4 is 10.2 Å². The molecule has 164 valence electrons. The van der Waals surface area contributed by atoms with Gasteiger partial charge in [0, 0.05) is 12.1 Å². The molecule has 3 aromatic rings. The van der Waals surface area contributed by atoms with E-state index in [4.69, 9.17) is 13.9 Å². The summed E-state index contributed by atoms with van der Waals surface area (Å²) in [5.41, 5.74) is 0.146. The number of phenolic OH excluding ortho intramolecular Hbond substituents is 2. The summed E-state index contributed by atoms with van der Waals surface area (Å²) in [4.78, 5) is 12.8. The second-order valence-corrected chi connectivity index (χ2v) is 7.16. The van der Waals surface area contributed by atoms with Crippen LogP contribution in [0.5, 0.6) is 17.2 Å². The van der Waals surface area contributed by atoms with Gasteiger partial charge in [-0.15, -0.1) is 0 Å². The van der Waals surface area contributed by atoms with Gasteiger partial charge in [-0.25, -0.2) is 0 Å². The molecule has 10 heteroatoms. The van der Waals surface area contributed by atoms with E-state index in [9.17, 15) is 35.4 Å². The zero-order valence-electron chi connectivity index (χ0n) is 16.0. The van der Waals surface area contributed by atoms with Crippen LogP contribution in [-0.2, 0) is 4.74 Å². The number of rotatable bonds is 4. The molecular weight excluding hydrogens is 412 g/mol. The first-order valence-electron chi connectivity index (χ1n) is 9.35. The van der Waals surface area contributed by atoms with E-state index in [1.54, 1.807) is 0 Å². The van der Waals surface area contributed by atoms with Crippen molar-refractivity contribution in [3.8, 4) is 28.4 Å². The van der Waals surface area contributed by atoms with Crippen LogP contribution in [0.4, 0.5) is 0 Å². The number of hydrogen-bond donors (Lipinski definition) is 6. The molecule has 0 saturated carbocycles. The van der Waals surface area contributed by atoms with Crippen LogP contribution in [0.3, 0.4) is 0 Å². The number of ether oxygens (including phenoxy) is 2. The third kappa shape index (κ3) is 3.82. The Morgan fingerprint density at radius 2 is 1.68 bits per heavy atom. The lowest BCUT2D eigenvalue weighted by atomic mass is 9.99. The highest BCUT2D eigenvalue weighted by molar-refractivity contribution is 5.88. The number of fused-ring (bicyclic) bond motifs is 1. The standard InChI is InChI=1S/C21H20O10/c22-7-15-18(26)19(27)20(28)21(31-15)30-11-3-1-9(2-4-11)12-8-29-14-6-10(23)5-13(24)16(14)17(12)25/h1-6,8,15,18-24,26-28H,7H2/t15-,18+,19+,20-,21-/m1/s1. The molecule has 2 aromatic carbocycles. The number of aliphatic hydroxyl groups excluding tert-OH is 4. The molecule has 6 N–H and O–H groups in total. The van der Waals surface area contributed by atoms with Gasteiger partial charge in [0.15, 0.2) is 0 Å². The lowest BCUT2D eigenvalue weighted by Crippen LogP contribution is -2.60. The smallest absolute Gasteiger partial charge is 0.229 e. The van der Waals surface area contributed by atoms with Gasteiger partial charge in [0.2, 0.25) is 11.7 Å². The van der Waals surface area contributed by atoms with E-state index in [0.29, 0.717) is 5.56 Å². The fraction of sp³-hybridized carbons (Fsp3) is 0.286. The van der Waals surface area contributed by atoms with E-state index in [-0.39, 0.29) is 28.0 Å². The molecule has 2 heterocycles. The Kier molecular flexibility index (Phi) is 5.56. The second kappa shape index (κ2) is 8.17. The molecule has 0 amide bonds. The number of hydrogen-bond acceptors (Lipinski definition) is 10. The summed E-state index contributed by atoms with van der Waals surface area (Å²) in [6.45, 7) is -0.577. The Bertz CT molecular complexity index is 1140. The van der Waals surface area contributed by atoms with Crippen molar-refractivity contribution in [3.63, 3.8) is 0 Å². The predicted octanol–water partition coefficient (Wildman–Crippen LogP) is 0.0499. The number of aliphatic hydroxyl groups is 4. The highest BCUT2D eigenvalue weighted by atomic mass is 16.7. The van der Waals surface area contributed by atoms with Crippen LogP contribution in [0, 0.1) is 0 Å². The molecule has 1 aliphatic heterocycles. The van der Waals surface area contributed by atoms with E-state index in [1.807, 2.05) is 0 Å². The molecule has 0 spiro atoms. The number of benzene rings is 2. The van der Waals surface area contributed by atoms with Gasteiger partial charge in [-0.3, -0.25) is 4.79 Å². The Morgan fingerprint density at radius 3 is 2.35 bits per heavy atom. The molecular formula is C21H20O10. The van der Waals surface area contributed by atoms with Crippen LogP contribution in [0.1, 0.15) is 0 Å². The fourth-order valence-electron chi connectivity index (χ4n) is 3.43. The third-order valence-corrected chi connectivity index (χ3v) is 5.11. The zero-order chi connectivity index (χ0) is 22.3. The summed E-state index contributed by atoms with van der Waals surface area (Å²) in [7, 11) is 0. The van der Waals surface area contributed by atoms with Gasteiger partial charge in [0.25, 0.3) is 0 Å². The first kappa shape index (κ1) is 21.1. The van der Waals surface area contributed by atoms with Crippen molar-refractivity contribution in [2.24, 2.45) is 0 Å². The quantitative estimate of drug-likeness (QED) is 0.331. The molecule has 1 aliphatic rings. The van der Waals surface area contributed by atoms with Crippen molar-refractivity contribution in [2.75, 3.05) is 6.61 Å². The minimum absolute atomic E-state index is 0.0359. The molecule has 0 bridgehead atoms. The number of phenols is 2. The molecule has 0 aliphatic carbocycles. The Hall–Kier alpha value is -3.15. The van der Waals surface area contributed by atoms with Crippen molar-refractivity contribution in [1.29, 1.82) is 0 Å². The average molecular weight is 432 g/mol. The lowest BCUT2D eigenvalue weighted by Gasteiger charge is -2.39. The Balaban J connectivity index is 1.59. The van der Waals surface area contributed by atoms with Gasteiger partial charge >= 0.3 is 0 Å². The van der Waals surface area contributed by atoms with Crippen LogP contribution in [0.25, 0.3) is 22.1 Å². The highest BCUT2D eigenvalue weighted by Gasteiger charge is 2.44. The summed E-state index contributed by atoms with van der Waals surface area (Å²) < 4.78 is 16.2. The van der Waals surface area contributed by atoms with Crippen molar-refractivity contribution < 1.29 is 44.5 Å². The summed E-state index contributed by atoms with van der Waals surface area (Å²) in [6, 6.07) is 8.30.